The number of rotatable bonds is 7. The Morgan fingerprint density at radius 2 is 1.30 bits per heavy atom. The van der Waals surface area contributed by atoms with Crippen LogP contribution in [0.25, 0.3) is 66.8 Å². The largest absolute Gasteiger partial charge is 0.299 e. The number of fused-ring (bicyclic) bond motifs is 2. The maximum Gasteiger partial charge on any atom is 0.137 e. The number of hydrogen-bond donors (Lipinski definition) is 0. The van der Waals surface area contributed by atoms with Crippen LogP contribution in [0.4, 0.5) is 0 Å². The second kappa shape index (κ2) is 12.3. The molecule has 0 aliphatic heterocycles. The van der Waals surface area contributed by atoms with Crippen molar-refractivity contribution in [1.82, 2.24) is 9.38 Å². The normalized spacial score (nSPS) is 11.6. The van der Waals surface area contributed by atoms with E-state index in [1.54, 1.807) is 0 Å². The van der Waals surface area contributed by atoms with Crippen LogP contribution in [0.5, 0.6) is 0 Å². The van der Waals surface area contributed by atoms with Crippen LogP contribution in [0.1, 0.15) is 26.3 Å². The summed E-state index contributed by atoms with van der Waals surface area (Å²) in [7, 11) is 0. The maximum absolute atomic E-state index is 5.03. The Morgan fingerprint density at radius 3 is 2.09 bits per heavy atom. The molecule has 7 aromatic rings. The highest BCUT2D eigenvalue weighted by Gasteiger charge is 2.16. The number of nitrogens with zero attached hydrogens (tertiary/aromatic N) is 2. The second-order valence-corrected chi connectivity index (χ2v) is 12.2. The number of hydrogen-bond acceptors (Lipinski definition) is 1. The molecule has 0 saturated heterocycles. The molecular weight excluding hydrogens is 556 g/mol. The van der Waals surface area contributed by atoms with Crippen molar-refractivity contribution >= 4 is 22.0 Å². The maximum atomic E-state index is 5.03. The van der Waals surface area contributed by atoms with Gasteiger partial charge in [0.25, 0.3) is 0 Å². The molecule has 0 bridgehead atoms. The van der Waals surface area contributed by atoms with Gasteiger partial charge in [0, 0.05) is 17.3 Å². The quantitative estimate of drug-likeness (QED) is 0.168. The Balaban J connectivity index is 1.40. The molecule has 0 aliphatic carbocycles. The summed E-state index contributed by atoms with van der Waals surface area (Å²) in [5.41, 5.74) is 14.6. The van der Waals surface area contributed by atoms with Crippen molar-refractivity contribution in [3.63, 3.8) is 0 Å². The fraction of sp³-hybridized carbons (Fsp3) is 0.0682. The lowest BCUT2D eigenvalue weighted by atomic mass is 9.90. The topological polar surface area (TPSA) is 17.3 Å². The van der Waals surface area contributed by atoms with E-state index in [1.165, 1.54) is 38.6 Å². The molecule has 2 nitrogen and oxygen atoms in total. The fourth-order valence-electron chi connectivity index (χ4n) is 6.27. The zero-order valence-electron chi connectivity index (χ0n) is 26.5. The molecule has 0 saturated carbocycles. The third-order valence-electron chi connectivity index (χ3n) is 8.28. The summed E-state index contributed by atoms with van der Waals surface area (Å²) in [4.78, 5) is 5.03. The standard InChI is InChI=1S/C44H36N2/c1-30(2)25-36(26-31(3)4)38-27-37(28-39(29-38)41-18-12-16-33-13-8-9-17-40(33)41)32-20-22-35(23-21-32)44-43(34-14-6-5-7-15-34)45-42-19-10-11-24-46(42)44/h5-29H,1H2,2-4H3/b36-25+. The molecule has 2 heteroatoms. The van der Waals surface area contributed by atoms with Crippen molar-refractivity contribution in [2.75, 3.05) is 0 Å². The van der Waals surface area contributed by atoms with E-state index in [9.17, 15) is 0 Å². The van der Waals surface area contributed by atoms with Gasteiger partial charge >= 0.3 is 0 Å². The van der Waals surface area contributed by atoms with Gasteiger partial charge in [-0.3, -0.25) is 4.40 Å². The van der Waals surface area contributed by atoms with Crippen LogP contribution < -0.4 is 0 Å². The molecular formula is C44H36N2. The lowest BCUT2D eigenvalue weighted by Gasteiger charge is -2.14. The Hall–Kier alpha value is -5.73. The highest BCUT2D eigenvalue weighted by molar-refractivity contribution is 5.98. The number of imidazole rings is 1. The zero-order chi connectivity index (χ0) is 31.6. The molecule has 0 fully saturated rings. The van der Waals surface area contributed by atoms with E-state index < -0.39 is 0 Å². The van der Waals surface area contributed by atoms with Crippen LogP contribution in [-0.4, -0.2) is 9.38 Å². The van der Waals surface area contributed by atoms with Gasteiger partial charge in [-0.15, -0.1) is 0 Å². The van der Waals surface area contributed by atoms with Crippen LogP contribution >= 0.6 is 0 Å². The second-order valence-electron chi connectivity index (χ2n) is 12.2. The molecule has 7 rings (SSSR count). The van der Waals surface area contributed by atoms with E-state index >= 15 is 0 Å². The minimum Gasteiger partial charge on any atom is -0.299 e. The first-order chi connectivity index (χ1) is 22.4. The van der Waals surface area contributed by atoms with Crippen LogP contribution in [-0.2, 0) is 0 Å². The van der Waals surface area contributed by atoms with Gasteiger partial charge in [-0.1, -0.05) is 133 Å². The number of benzene rings is 5. The third kappa shape index (κ3) is 5.74. The Bertz CT molecular complexity index is 2270. The van der Waals surface area contributed by atoms with Gasteiger partial charge < -0.3 is 0 Å². The molecule has 0 radical (unpaired) electrons. The van der Waals surface area contributed by atoms with Gasteiger partial charge in [0.1, 0.15) is 5.65 Å². The number of allylic oxidation sites excluding steroid dienone is 5. The summed E-state index contributed by atoms with van der Waals surface area (Å²) < 4.78 is 2.19. The fourth-order valence-corrected chi connectivity index (χ4v) is 6.27. The van der Waals surface area contributed by atoms with E-state index in [0.29, 0.717) is 0 Å². The molecule has 5 aromatic carbocycles. The first-order valence-corrected chi connectivity index (χ1v) is 15.7. The third-order valence-corrected chi connectivity index (χ3v) is 8.28. The van der Waals surface area contributed by atoms with Crippen molar-refractivity contribution < 1.29 is 0 Å². The monoisotopic (exact) mass is 592 g/mol. The SMILES string of the molecule is C=C(C)/C=C(\C=C(C)C)c1cc(-c2ccc(-c3c(-c4ccccc4)nc4ccccn34)cc2)cc(-c2cccc3ccccc23)c1. The predicted molar refractivity (Wildman–Crippen MR) is 197 cm³/mol. The summed E-state index contributed by atoms with van der Waals surface area (Å²) in [6.07, 6.45) is 6.52. The minimum absolute atomic E-state index is 0.934. The average Bonchev–Trinajstić information content (AvgIpc) is 3.47. The van der Waals surface area contributed by atoms with Crippen molar-refractivity contribution in [2.24, 2.45) is 0 Å². The molecule has 46 heavy (non-hydrogen) atoms. The van der Waals surface area contributed by atoms with E-state index in [-0.39, 0.29) is 0 Å². The predicted octanol–water partition coefficient (Wildman–Crippen LogP) is 12.1. The summed E-state index contributed by atoms with van der Waals surface area (Å²) in [5.74, 6) is 0. The molecule has 0 N–H and O–H groups in total. The smallest absolute Gasteiger partial charge is 0.137 e. The minimum atomic E-state index is 0.934. The molecule has 0 spiro atoms. The molecule has 0 unspecified atom stereocenters. The van der Waals surface area contributed by atoms with Crippen molar-refractivity contribution in [3.8, 4) is 44.8 Å². The summed E-state index contributed by atoms with van der Waals surface area (Å²) in [5, 5.41) is 2.48. The Morgan fingerprint density at radius 1 is 0.609 bits per heavy atom. The van der Waals surface area contributed by atoms with Crippen LogP contribution in [0.3, 0.4) is 0 Å². The first-order valence-electron chi connectivity index (χ1n) is 15.7. The van der Waals surface area contributed by atoms with Crippen molar-refractivity contribution in [1.29, 1.82) is 0 Å². The van der Waals surface area contributed by atoms with Crippen molar-refractivity contribution in [2.45, 2.75) is 20.8 Å². The average molecular weight is 593 g/mol. The van der Waals surface area contributed by atoms with Gasteiger partial charge in [0.15, 0.2) is 0 Å². The van der Waals surface area contributed by atoms with Crippen LogP contribution in [0.2, 0.25) is 0 Å². The molecule has 0 amide bonds. The summed E-state index contributed by atoms with van der Waals surface area (Å²) in [6, 6.07) is 47.7. The van der Waals surface area contributed by atoms with Gasteiger partial charge in [-0.25, -0.2) is 4.98 Å². The summed E-state index contributed by atoms with van der Waals surface area (Å²) in [6.45, 7) is 10.5. The highest BCUT2D eigenvalue weighted by Crippen LogP contribution is 2.37. The highest BCUT2D eigenvalue weighted by atomic mass is 15.0. The van der Waals surface area contributed by atoms with Gasteiger partial charge in [0.05, 0.1) is 11.4 Å². The molecule has 2 heterocycles. The number of aromatic nitrogens is 2. The molecule has 0 atom stereocenters. The molecule has 0 aliphatic rings. The Kier molecular flexibility index (Phi) is 7.78. The van der Waals surface area contributed by atoms with Gasteiger partial charge in [0.2, 0.25) is 0 Å². The van der Waals surface area contributed by atoms with Gasteiger partial charge in [-0.2, -0.15) is 0 Å². The lowest BCUT2D eigenvalue weighted by Crippen LogP contribution is -1.91. The molecule has 2 aromatic heterocycles. The van der Waals surface area contributed by atoms with Crippen molar-refractivity contribution in [3.05, 3.63) is 175 Å². The van der Waals surface area contributed by atoms with Crippen LogP contribution in [0.15, 0.2) is 170 Å². The zero-order valence-corrected chi connectivity index (χ0v) is 26.5. The van der Waals surface area contributed by atoms with E-state index in [2.05, 4.69) is 171 Å². The van der Waals surface area contributed by atoms with E-state index in [4.69, 9.17) is 4.98 Å². The summed E-state index contributed by atoms with van der Waals surface area (Å²) >= 11 is 0. The first kappa shape index (κ1) is 29.0. The van der Waals surface area contributed by atoms with E-state index in [1.807, 2.05) is 12.1 Å². The Labute approximate surface area is 271 Å². The van der Waals surface area contributed by atoms with E-state index in [0.717, 1.165) is 44.9 Å². The van der Waals surface area contributed by atoms with Gasteiger partial charge in [-0.05, 0) is 95.3 Å². The lowest BCUT2D eigenvalue weighted by molar-refractivity contribution is 1.19. The molecule has 222 valence electrons. The van der Waals surface area contributed by atoms with Crippen LogP contribution in [0, 0.1) is 0 Å². The number of pyridine rings is 1.